The minimum atomic E-state index is -0.586. The lowest BCUT2D eigenvalue weighted by atomic mass is 9.83. The topological polar surface area (TPSA) is 37.4 Å². The molecule has 2 aliphatic rings. The SMILES string of the molecule is O=C1CCCC(=O)[C@]2(Cc3ccccc3Br)CCCN12. The molecule has 0 bridgehead atoms. The van der Waals surface area contributed by atoms with Crippen molar-refractivity contribution >= 4 is 27.6 Å². The first-order valence-corrected chi connectivity index (χ1v) is 8.00. The van der Waals surface area contributed by atoms with Crippen molar-refractivity contribution in [1.29, 1.82) is 0 Å². The van der Waals surface area contributed by atoms with E-state index in [1.54, 1.807) is 0 Å². The van der Waals surface area contributed by atoms with Crippen LogP contribution in [0.2, 0.25) is 0 Å². The van der Waals surface area contributed by atoms with E-state index in [1.807, 2.05) is 29.2 Å². The molecule has 3 nitrogen and oxygen atoms in total. The van der Waals surface area contributed by atoms with Gasteiger partial charge in [-0.2, -0.15) is 0 Å². The summed E-state index contributed by atoms with van der Waals surface area (Å²) in [7, 11) is 0. The number of hydrogen-bond acceptors (Lipinski definition) is 2. The second kappa shape index (κ2) is 5.32. The van der Waals surface area contributed by atoms with Crippen molar-refractivity contribution in [3.05, 3.63) is 34.3 Å². The van der Waals surface area contributed by atoms with Gasteiger partial charge in [-0.05, 0) is 30.9 Å². The maximum Gasteiger partial charge on any atom is 0.223 e. The van der Waals surface area contributed by atoms with Crippen molar-refractivity contribution in [3.8, 4) is 0 Å². The standard InChI is InChI=1S/C16H18BrNO2/c17-13-6-2-1-5-12(13)11-16-9-4-10-18(16)15(20)8-3-7-14(16)19/h1-2,5-6H,3-4,7-11H2/t16-/m1/s1. The Labute approximate surface area is 127 Å². The smallest absolute Gasteiger partial charge is 0.223 e. The minimum absolute atomic E-state index is 0.153. The molecule has 1 amide bonds. The van der Waals surface area contributed by atoms with Gasteiger partial charge in [0.1, 0.15) is 5.54 Å². The quantitative estimate of drug-likeness (QED) is 0.832. The number of Topliss-reactive ketones (excluding diaryl/α,β-unsaturated/α-hetero) is 1. The summed E-state index contributed by atoms with van der Waals surface area (Å²) < 4.78 is 1.02. The number of carbonyl (C=O) groups excluding carboxylic acids is 2. The molecule has 0 aliphatic carbocycles. The molecular weight excluding hydrogens is 318 g/mol. The van der Waals surface area contributed by atoms with Crippen molar-refractivity contribution in [1.82, 2.24) is 4.90 Å². The zero-order chi connectivity index (χ0) is 14.2. The maximum absolute atomic E-state index is 12.7. The molecule has 2 fully saturated rings. The molecule has 2 saturated heterocycles. The van der Waals surface area contributed by atoms with Crippen LogP contribution in [0.5, 0.6) is 0 Å². The molecule has 0 saturated carbocycles. The molecule has 0 aromatic heterocycles. The monoisotopic (exact) mass is 335 g/mol. The van der Waals surface area contributed by atoms with Gasteiger partial charge in [0, 0.05) is 30.3 Å². The number of rotatable bonds is 2. The molecular formula is C16H18BrNO2. The van der Waals surface area contributed by atoms with Gasteiger partial charge in [-0.15, -0.1) is 0 Å². The van der Waals surface area contributed by atoms with Crippen molar-refractivity contribution in [2.24, 2.45) is 0 Å². The third-order valence-electron chi connectivity index (χ3n) is 4.54. The van der Waals surface area contributed by atoms with Gasteiger partial charge in [0.25, 0.3) is 0 Å². The van der Waals surface area contributed by atoms with Gasteiger partial charge in [0.2, 0.25) is 5.91 Å². The summed E-state index contributed by atoms with van der Waals surface area (Å²) in [5, 5.41) is 0. The Morgan fingerprint density at radius 1 is 1.15 bits per heavy atom. The van der Waals surface area contributed by atoms with E-state index in [0.717, 1.165) is 29.4 Å². The van der Waals surface area contributed by atoms with Gasteiger partial charge in [-0.25, -0.2) is 0 Å². The first kappa shape index (κ1) is 13.8. The van der Waals surface area contributed by atoms with Gasteiger partial charge >= 0.3 is 0 Å². The molecule has 3 rings (SSSR count). The lowest BCUT2D eigenvalue weighted by molar-refractivity contribution is -0.141. The first-order chi connectivity index (χ1) is 9.63. The first-order valence-electron chi connectivity index (χ1n) is 7.21. The largest absolute Gasteiger partial charge is 0.330 e. The Morgan fingerprint density at radius 2 is 1.95 bits per heavy atom. The number of fused-ring (bicyclic) bond motifs is 1. The second-order valence-electron chi connectivity index (χ2n) is 5.73. The highest BCUT2D eigenvalue weighted by Crippen LogP contribution is 2.38. The number of hydrogen-bond donors (Lipinski definition) is 0. The van der Waals surface area contributed by atoms with Crippen molar-refractivity contribution < 1.29 is 9.59 Å². The van der Waals surface area contributed by atoms with Crippen LogP contribution in [-0.2, 0) is 16.0 Å². The van der Waals surface area contributed by atoms with Gasteiger partial charge in [0.15, 0.2) is 5.78 Å². The normalized spacial score (nSPS) is 26.6. The number of nitrogens with zero attached hydrogens (tertiary/aromatic N) is 1. The van der Waals surface area contributed by atoms with Crippen LogP contribution in [0.4, 0.5) is 0 Å². The van der Waals surface area contributed by atoms with Crippen LogP contribution in [-0.4, -0.2) is 28.7 Å². The minimum Gasteiger partial charge on any atom is -0.330 e. The summed E-state index contributed by atoms with van der Waals surface area (Å²) in [5.74, 6) is 0.400. The Hall–Kier alpha value is -1.16. The van der Waals surface area contributed by atoms with Gasteiger partial charge in [-0.1, -0.05) is 34.1 Å². The molecule has 1 atom stereocenters. The third kappa shape index (κ3) is 2.20. The fraction of sp³-hybridized carbons (Fsp3) is 0.500. The third-order valence-corrected chi connectivity index (χ3v) is 5.32. The molecule has 106 valence electrons. The summed E-state index contributed by atoms with van der Waals surface area (Å²) >= 11 is 3.56. The Bertz CT molecular complexity index is 557. The van der Waals surface area contributed by atoms with Gasteiger partial charge in [0.05, 0.1) is 0 Å². The summed E-state index contributed by atoms with van der Waals surface area (Å²) in [6.45, 7) is 0.731. The van der Waals surface area contributed by atoms with E-state index in [0.29, 0.717) is 25.7 Å². The van der Waals surface area contributed by atoms with Crippen LogP contribution in [0.3, 0.4) is 0 Å². The fourth-order valence-electron chi connectivity index (χ4n) is 3.54. The van der Waals surface area contributed by atoms with Crippen LogP contribution >= 0.6 is 15.9 Å². The van der Waals surface area contributed by atoms with E-state index in [4.69, 9.17) is 0 Å². The van der Waals surface area contributed by atoms with Crippen LogP contribution < -0.4 is 0 Å². The number of benzene rings is 1. The molecule has 1 aromatic rings. The highest BCUT2D eigenvalue weighted by atomic mass is 79.9. The van der Waals surface area contributed by atoms with Crippen LogP contribution in [0.1, 0.15) is 37.7 Å². The van der Waals surface area contributed by atoms with Crippen LogP contribution in [0.15, 0.2) is 28.7 Å². The molecule has 0 unspecified atom stereocenters. The zero-order valence-corrected chi connectivity index (χ0v) is 13.0. The molecule has 2 heterocycles. The van der Waals surface area contributed by atoms with Gasteiger partial charge in [-0.3, -0.25) is 9.59 Å². The maximum atomic E-state index is 12.7. The van der Waals surface area contributed by atoms with E-state index in [9.17, 15) is 9.59 Å². The molecule has 0 spiro atoms. The fourth-order valence-corrected chi connectivity index (χ4v) is 3.96. The summed E-state index contributed by atoms with van der Waals surface area (Å²) in [4.78, 5) is 26.8. The van der Waals surface area contributed by atoms with Crippen LogP contribution in [0, 0.1) is 0 Å². The summed E-state index contributed by atoms with van der Waals surface area (Å²) in [5.41, 5.74) is 0.528. The lowest BCUT2D eigenvalue weighted by Crippen LogP contribution is -2.53. The summed E-state index contributed by atoms with van der Waals surface area (Å²) in [6.07, 6.45) is 4.13. The molecule has 20 heavy (non-hydrogen) atoms. The molecule has 1 aromatic carbocycles. The lowest BCUT2D eigenvalue weighted by Gasteiger charge is -2.36. The molecule has 4 heteroatoms. The van der Waals surface area contributed by atoms with Crippen LogP contribution in [0.25, 0.3) is 0 Å². The molecule has 2 aliphatic heterocycles. The Kier molecular flexibility index (Phi) is 3.67. The predicted octanol–water partition coefficient (Wildman–Crippen LogP) is 3.11. The molecule has 0 radical (unpaired) electrons. The average Bonchev–Trinajstić information content (AvgIpc) is 2.82. The number of carbonyl (C=O) groups is 2. The number of ketones is 1. The average molecular weight is 336 g/mol. The predicted molar refractivity (Wildman–Crippen MR) is 80.4 cm³/mol. The highest BCUT2D eigenvalue weighted by Gasteiger charge is 2.49. The van der Waals surface area contributed by atoms with E-state index in [-0.39, 0.29) is 11.7 Å². The van der Waals surface area contributed by atoms with Crippen molar-refractivity contribution in [2.75, 3.05) is 6.54 Å². The number of halogens is 1. The number of amides is 1. The summed E-state index contributed by atoms with van der Waals surface area (Å²) in [6, 6.07) is 7.99. The second-order valence-corrected chi connectivity index (χ2v) is 6.58. The Balaban J connectivity index is 2.00. The van der Waals surface area contributed by atoms with Crippen molar-refractivity contribution in [2.45, 2.75) is 44.1 Å². The zero-order valence-electron chi connectivity index (χ0n) is 11.4. The van der Waals surface area contributed by atoms with E-state index in [2.05, 4.69) is 15.9 Å². The molecule has 0 N–H and O–H groups in total. The van der Waals surface area contributed by atoms with Crippen molar-refractivity contribution in [3.63, 3.8) is 0 Å². The Morgan fingerprint density at radius 3 is 2.75 bits per heavy atom. The van der Waals surface area contributed by atoms with Gasteiger partial charge < -0.3 is 4.90 Å². The van der Waals surface area contributed by atoms with E-state index >= 15 is 0 Å². The van der Waals surface area contributed by atoms with E-state index in [1.165, 1.54) is 0 Å². The highest BCUT2D eigenvalue weighted by molar-refractivity contribution is 9.10. The van der Waals surface area contributed by atoms with E-state index < -0.39 is 5.54 Å².